The first-order chi connectivity index (χ1) is 9.58. The van der Waals surface area contributed by atoms with Gasteiger partial charge in [0.15, 0.2) is 0 Å². The highest BCUT2D eigenvalue weighted by atomic mass is 32.2. The van der Waals surface area contributed by atoms with Crippen molar-refractivity contribution >= 4 is 17.7 Å². The van der Waals surface area contributed by atoms with Gasteiger partial charge >= 0.3 is 5.97 Å². The van der Waals surface area contributed by atoms with Crippen LogP contribution in [0, 0.1) is 18.3 Å². The predicted molar refractivity (Wildman–Crippen MR) is 77.8 cm³/mol. The highest BCUT2D eigenvalue weighted by molar-refractivity contribution is 7.99. The summed E-state index contributed by atoms with van der Waals surface area (Å²) in [5.41, 5.74) is 2.50. The fourth-order valence-corrected chi connectivity index (χ4v) is 2.72. The second-order valence-electron chi connectivity index (χ2n) is 4.41. The third-order valence-electron chi connectivity index (χ3n) is 2.81. The number of aryl methyl sites for hydroxylation is 1. The highest BCUT2D eigenvalue weighted by Crippen LogP contribution is 2.30. The summed E-state index contributed by atoms with van der Waals surface area (Å²) in [6, 6.07) is 15.2. The molecular formula is C16H13NO2S. The minimum Gasteiger partial charge on any atom is -0.481 e. The molecule has 0 atom stereocenters. The zero-order chi connectivity index (χ0) is 14.5. The highest BCUT2D eigenvalue weighted by Gasteiger charge is 2.05. The lowest BCUT2D eigenvalue weighted by Crippen LogP contribution is -2.00. The van der Waals surface area contributed by atoms with Crippen LogP contribution < -0.4 is 0 Å². The topological polar surface area (TPSA) is 61.1 Å². The van der Waals surface area contributed by atoms with Crippen molar-refractivity contribution in [1.29, 1.82) is 5.26 Å². The van der Waals surface area contributed by atoms with Crippen molar-refractivity contribution in [2.24, 2.45) is 0 Å². The Hall–Kier alpha value is -2.25. The van der Waals surface area contributed by atoms with E-state index in [1.54, 1.807) is 23.9 Å². The molecule has 0 fully saturated rings. The lowest BCUT2D eigenvalue weighted by atomic mass is 10.1. The first-order valence-corrected chi connectivity index (χ1v) is 6.89. The van der Waals surface area contributed by atoms with Gasteiger partial charge in [0, 0.05) is 9.79 Å². The van der Waals surface area contributed by atoms with Crippen LogP contribution in [0.2, 0.25) is 0 Å². The molecule has 0 spiro atoms. The van der Waals surface area contributed by atoms with Crippen molar-refractivity contribution in [1.82, 2.24) is 0 Å². The number of nitrogens with zero attached hydrogens (tertiary/aromatic N) is 1. The van der Waals surface area contributed by atoms with Crippen molar-refractivity contribution in [3.8, 4) is 6.07 Å². The van der Waals surface area contributed by atoms with Crippen molar-refractivity contribution in [2.45, 2.75) is 23.1 Å². The third kappa shape index (κ3) is 3.62. The lowest BCUT2D eigenvalue weighted by molar-refractivity contribution is -0.136. The number of aliphatic carboxylic acids is 1. The van der Waals surface area contributed by atoms with Crippen LogP contribution in [0.15, 0.2) is 52.3 Å². The van der Waals surface area contributed by atoms with E-state index in [0.29, 0.717) is 5.56 Å². The fourth-order valence-electron chi connectivity index (χ4n) is 1.84. The Morgan fingerprint density at radius 1 is 1.25 bits per heavy atom. The van der Waals surface area contributed by atoms with Gasteiger partial charge in [0.2, 0.25) is 0 Å². The van der Waals surface area contributed by atoms with Crippen LogP contribution in [-0.2, 0) is 11.2 Å². The maximum atomic E-state index is 10.7. The number of nitriles is 1. The minimum atomic E-state index is -0.822. The van der Waals surface area contributed by atoms with Crippen molar-refractivity contribution in [2.75, 3.05) is 0 Å². The minimum absolute atomic E-state index is 0.0443. The van der Waals surface area contributed by atoms with E-state index in [1.807, 2.05) is 37.3 Å². The molecule has 0 aromatic heterocycles. The maximum Gasteiger partial charge on any atom is 0.307 e. The molecule has 0 radical (unpaired) electrons. The van der Waals surface area contributed by atoms with Crippen LogP contribution in [0.1, 0.15) is 16.7 Å². The maximum absolute atomic E-state index is 10.7. The zero-order valence-electron chi connectivity index (χ0n) is 11.0. The molecule has 0 bridgehead atoms. The summed E-state index contributed by atoms with van der Waals surface area (Å²) >= 11 is 1.60. The van der Waals surface area contributed by atoms with Gasteiger partial charge < -0.3 is 5.11 Å². The largest absolute Gasteiger partial charge is 0.481 e. The summed E-state index contributed by atoms with van der Waals surface area (Å²) in [6.07, 6.45) is 0.0443. The smallest absolute Gasteiger partial charge is 0.307 e. The SMILES string of the molecule is Cc1cc(CC(=O)O)ccc1Sc1ccc(C#N)cc1. The molecule has 0 saturated heterocycles. The number of hydrogen-bond acceptors (Lipinski definition) is 3. The van der Waals surface area contributed by atoms with E-state index < -0.39 is 5.97 Å². The van der Waals surface area contributed by atoms with Crippen LogP contribution in [0.4, 0.5) is 0 Å². The Morgan fingerprint density at radius 3 is 2.50 bits per heavy atom. The number of carboxylic acids is 1. The van der Waals surface area contributed by atoms with E-state index >= 15 is 0 Å². The van der Waals surface area contributed by atoms with Gasteiger partial charge in [0.25, 0.3) is 0 Å². The second kappa shape index (κ2) is 6.27. The Balaban J connectivity index is 2.16. The number of benzene rings is 2. The van der Waals surface area contributed by atoms with Crippen molar-refractivity contribution in [3.63, 3.8) is 0 Å². The van der Waals surface area contributed by atoms with E-state index in [4.69, 9.17) is 10.4 Å². The van der Waals surface area contributed by atoms with Crippen LogP contribution in [-0.4, -0.2) is 11.1 Å². The molecule has 20 heavy (non-hydrogen) atoms. The van der Waals surface area contributed by atoms with Gasteiger partial charge in [-0.15, -0.1) is 0 Å². The molecular weight excluding hydrogens is 270 g/mol. The first-order valence-electron chi connectivity index (χ1n) is 6.08. The van der Waals surface area contributed by atoms with Crippen molar-refractivity contribution < 1.29 is 9.90 Å². The van der Waals surface area contributed by atoms with Gasteiger partial charge in [-0.2, -0.15) is 5.26 Å². The fraction of sp³-hybridized carbons (Fsp3) is 0.125. The average molecular weight is 283 g/mol. The quantitative estimate of drug-likeness (QED) is 0.930. The lowest BCUT2D eigenvalue weighted by Gasteiger charge is -2.07. The molecule has 4 heteroatoms. The predicted octanol–water partition coefficient (Wildman–Crippen LogP) is 3.65. The van der Waals surface area contributed by atoms with Crippen LogP contribution in [0.5, 0.6) is 0 Å². The second-order valence-corrected chi connectivity index (χ2v) is 5.52. The van der Waals surface area contributed by atoms with E-state index in [1.165, 1.54) is 0 Å². The molecule has 100 valence electrons. The van der Waals surface area contributed by atoms with E-state index in [2.05, 4.69) is 6.07 Å². The molecule has 2 aromatic rings. The number of carboxylic acid groups (broad SMARTS) is 1. The standard InChI is InChI=1S/C16H13NO2S/c1-11-8-13(9-16(18)19)4-7-15(11)20-14-5-2-12(10-17)3-6-14/h2-8H,9H2,1H3,(H,18,19). The molecule has 0 unspecified atom stereocenters. The van der Waals surface area contributed by atoms with Gasteiger partial charge in [-0.3, -0.25) is 4.79 Å². The summed E-state index contributed by atoms with van der Waals surface area (Å²) in [4.78, 5) is 12.8. The van der Waals surface area contributed by atoms with E-state index in [9.17, 15) is 4.79 Å². The Labute approximate surface area is 121 Å². The monoisotopic (exact) mass is 283 g/mol. The Bertz CT molecular complexity index is 672. The average Bonchev–Trinajstić information content (AvgIpc) is 2.42. The van der Waals surface area contributed by atoms with Gasteiger partial charge in [-0.1, -0.05) is 23.9 Å². The molecule has 0 amide bonds. The molecule has 2 rings (SSSR count). The summed E-state index contributed by atoms with van der Waals surface area (Å²) in [5.74, 6) is -0.822. The molecule has 2 aromatic carbocycles. The Kier molecular flexibility index (Phi) is 4.44. The molecule has 1 N–H and O–H groups in total. The number of hydrogen-bond donors (Lipinski definition) is 1. The van der Waals surface area contributed by atoms with E-state index in [0.717, 1.165) is 20.9 Å². The number of rotatable bonds is 4. The normalized spacial score (nSPS) is 10.0. The van der Waals surface area contributed by atoms with Crippen LogP contribution in [0.3, 0.4) is 0 Å². The summed E-state index contributed by atoms with van der Waals surface area (Å²) < 4.78 is 0. The molecule has 0 aliphatic carbocycles. The van der Waals surface area contributed by atoms with Gasteiger partial charge in [0.1, 0.15) is 0 Å². The number of carbonyl (C=O) groups is 1. The molecule has 0 heterocycles. The summed E-state index contributed by atoms with van der Waals surface area (Å²) in [7, 11) is 0. The van der Waals surface area contributed by atoms with Gasteiger partial charge in [0.05, 0.1) is 18.1 Å². The van der Waals surface area contributed by atoms with Gasteiger partial charge in [-0.25, -0.2) is 0 Å². The van der Waals surface area contributed by atoms with Crippen molar-refractivity contribution in [3.05, 3.63) is 59.2 Å². The molecule has 0 saturated carbocycles. The van der Waals surface area contributed by atoms with E-state index in [-0.39, 0.29) is 6.42 Å². The Morgan fingerprint density at radius 2 is 1.95 bits per heavy atom. The van der Waals surface area contributed by atoms with Crippen LogP contribution >= 0.6 is 11.8 Å². The molecule has 3 nitrogen and oxygen atoms in total. The zero-order valence-corrected chi connectivity index (χ0v) is 11.8. The summed E-state index contributed by atoms with van der Waals surface area (Å²) in [6.45, 7) is 1.97. The van der Waals surface area contributed by atoms with Crippen LogP contribution in [0.25, 0.3) is 0 Å². The van der Waals surface area contributed by atoms with Gasteiger partial charge in [-0.05, 0) is 48.4 Å². The molecule has 0 aliphatic heterocycles. The summed E-state index contributed by atoms with van der Waals surface area (Å²) in [5, 5.41) is 17.5. The molecule has 0 aliphatic rings. The first kappa shape index (κ1) is 14.2. The third-order valence-corrected chi connectivity index (χ3v) is 3.99.